The molecule has 0 saturated carbocycles. The van der Waals surface area contributed by atoms with Crippen molar-refractivity contribution in [1.29, 1.82) is 5.26 Å². The molecule has 0 amide bonds. The van der Waals surface area contributed by atoms with Crippen molar-refractivity contribution in [3.63, 3.8) is 0 Å². The fourth-order valence-corrected chi connectivity index (χ4v) is 4.05. The summed E-state index contributed by atoms with van der Waals surface area (Å²) >= 11 is 0. The number of benzene rings is 2. The Kier molecular flexibility index (Phi) is 8.44. The first-order valence-electron chi connectivity index (χ1n) is 12.1. The van der Waals surface area contributed by atoms with Crippen molar-refractivity contribution in [2.75, 3.05) is 22.9 Å². The minimum Gasteiger partial charge on any atom is -0.499 e. The van der Waals surface area contributed by atoms with Crippen molar-refractivity contribution in [1.82, 2.24) is 9.80 Å². The average Bonchev–Trinajstić information content (AvgIpc) is 3.45. The van der Waals surface area contributed by atoms with Gasteiger partial charge in [-0.1, -0.05) is 54.8 Å². The van der Waals surface area contributed by atoms with E-state index < -0.39 is 0 Å². The molecule has 2 aromatic rings. The van der Waals surface area contributed by atoms with Crippen molar-refractivity contribution in [3.8, 4) is 6.07 Å². The first-order valence-corrected chi connectivity index (χ1v) is 12.1. The number of nitriles is 1. The maximum absolute atomic E-state index is 9.75. The van der Waals surface area contributed by atoms with E-state index >= 15 is 0 Å². The van der Waals surface area contributed by atoms with Gasteiger partial charge in [0.2, 0.25) is 5.82 Å². The molecule has 0 aliphatic carbocycles. The van der Waals surface area contributed by atoms with Crippen LogP contribution in [0.3, 0.4) is 0 Å². The third kappa shape index (κ3) is 6.37. The third-order valence-corrected chi connectivity index (χ3v) is 6.32. The van der Waals surface area contributed by atoms with E-state index in [2.05, 4.69) is 88.9 Å². The van der Waals surface area contributed by atoms with Gasteiger partial charge in [0.25, 0.3) is 0 Å². The summed E-state index contributed by atoms with van der Waals surface area (Å²) in [7, 11) is 0. The normalized spacial score (nSPS) is 15.7. The minimum atomic E-state index is 0. The second kappa shape index (κ2) is 11.0. The molecule has 4 rings (SSSR count). The molecule has 0 unspecified atom stereocenters. The fourth-order valence-electron chi connectivity index (χ4n) is 4.05. The van der Waals surface area contributed by atoms with Crippen LogP contribution < -0.4 is 9.80 Å². The summed E-state index contributed by atoms with van der Waals surface area (Å²) in [6.45, 7) is 25.7. The summed E-state index contributed by atoms with van der Waals surface area (Å²) < 4.78 is 0. The van der Waals surface area contributed by atoms with Gasteiger partial charge in [-0.05, 0) is 17.0 Å². The van der Waals surface area contributed by atoms with Gasteiger partial charge in [0.1, 0.15) is 11.8 Å². The summed E-state index contributed by atoms with van der Waals surface area (Å²) in [6, 6.07) is 21.1. The van der Waals surface area contributed by atoms with Gasteiger partial charge in [-0.3, -0.25) is 0 Å². The number of hydrogen-bond donors (Lipinski definition) is 0. The van der Waals surface area contributed by atoms with E-state index in [0.717, 1.165) is 11.4 Å². The van der Waals surface area contributed by atoms with Crippen LogP contribution in [0, 0.1) is 43.4 Å². The first kappa shape index (κ1) is 28.3. The van der Waals surface area contributed by atoms with E-state index in [1.807, 2.05) is 57.5 Å². The third-order valence-electron chi connectivity index (χ3n) is 6.32. The van der Waals surface area contributed by atoms with Crippen LogP contribution >= 0.6 is 0 Å². The van der Waals surface area contributed by atoms with Crippen LogP contribution in [0.15, 0.2) is 60.3 Å². The van der Waals surface area contributed by atoms with Crippen molar-refractivity contribution in [2.45, 2.75) is 52.4 Å². The van der Waals surface area contributed by atoms with Gasteiger partial charge in [-0.25, -0.2) is 0 Å². The van der Waals surface area contributed by atoms with Gasteiger partial charge in [-0.2, -0.15) is 59.5 Å². The summed E-state index contributed by atoms with van der Waals surface area (Å²) in [5, 5.41) is 9.75. The standard InChI is InChI=1S/C30H32N6.Pd/c1-29(2,3)23-10-8-12-25(16-23)35-19-27(18-31)33(21-35)14-15-34-22-36(20-28(34)32-7)26-13-9-11-24(17-26)30(4,5)6;/h8-11,16-17,19-22H,14-15H2,1-6H3;/q-4;. The largest absolute Gasteiger partial charge is 0.499 e. The molecule has 0 fully saturated rings. The number of nitrogens with zero attached hydrogens (tertiary/aromatic N) is 6. The Balaban J connectivity index is 0.00000380. The topological polar surface area (TPSA) is 41.1 Å². The molecular weight excluding hydrogens is 551 g/mol. The molecule has 2 aliphatic rings. The van der Waals surface area contributed by atoms with E-state index in [0.29, 0.717) is 24.6 Å². The van der Waals surface area contributed by atoms with Gasteiger partial charge >= 0.3 is 0 Å². The zero-order chi connectivity index (χ0) is 26.1. The SMILES string of the molecule is [C-]#[N+]C1=CN(c2[c-]ccc(C(C)(C)C)c2)[CH-]N1CCN1[CH-]N(c2[c-]ccc(C(C)(C)C)c2)C=C1C#N.[Pd]. The van der Waals surface area contributed by atoms with Crippen LogP contribution in [-0.2, 0) is 31.3 Å². The van der Waals surface area contributed by atoms with Crippen molar-refractivity contribution >= 4 is 11.4 Å². The molecule has 37 heavy (non-hydrogen) atoms. The molecule has 0 aromatic heterocycles. The number of rotatable bonds is 5. The summed E-state index contributed by atoms with van der Waals surface area (Å²) in [5.41, 5.74) is 4.82. The summed E-state index contributed by atoms with van der Waals surface area (Å²) in [5.74, 6) is 0.536. The van der Waals surface area contributed by atoms with Crippen molar-refractivity contribution < 1.29 is 20.4 Å². The number of hydrogen-bond acceptors (Lipinski definition) is 5. The molecule has 6 nitrogen and oxygen atoms in total. The number of allylic oxidation sites excluding steroid dienone is 1. The molecule has 2 aliphatic heterocycles. The Morgan fingerprint density at radius 3 is 1.84 bits per heavy atom. The second-order valence-electron chi connectivity index (χ2n) is 11.1. The Hall–Kier alpha value is -3.24. The van der Waals surface area contributed by atoms with Gasteiger partial charge in [0.05, 0.1) is 6.54 Å². The van der Waals surface area contributed by atoms with Gasteiger partial charge in [0, 0.05) is 33.2 Å². The van der Waals surface area contributed by atoms with Crippen LogP contribution in [0.25, 0.3) is 4.85 Å². The molecular formula is C30H32N6Pd-4. The molecule has 0 N–H and O–H groups in total. The Labute approximate surface area is 235 Å². The predicted molar refractivity (Wildman–Crippen MR) is 143 cm³/mol. The second-order valence-corrected chi connectivity index (χ2v) is 11.1. The van der Waals surface area contributed by atoms with Crippen molar-refractivity contribution in [3.05, 3.63) is 108 Å². The molecule has 196 valence electrons. The predicted octanol–water partition coefficient (Wildman–Crippen LogP) is 6.15. The Morgan fingerprint density at radius 1 is 0.865 bits per heavy atom. The quantitative estimate of drug-likeness (QED) is 0.313. The molecule has 0 radical (unpaired) electrons. The molecule has 0 atom stereocenters. The molecule has 2 aromatic carbocycles. The molecule has 2 heterocycles. The Bertz CT molecular complexity index is 1170. The molecule has 0 spiro atoms. The van der Waals surface area contributed by atoms with Gasteiger partial charge < -0.3 is 24.4 Å². The zero-order valence-electron chi connectivity index (χ0n) is 22.2. The van der Waals surface area contributed by atoms with Gasteiger partial charge in [-0.15, -0.1) is 23.5 Å². The van der Waals surface area contributed by atoms with Crippen molar-refractivity contribution in [2.24, 2.45) is 0 Å². The monoisotopic (exact) mass is 582 g/mol. The van der Waals surface area contributed by atoms with E-state index in [4.69, 9.17) is 6.57 Å². The number of anilines is 2. The average molecular weight is 583 g/mol. The summed E-state index contributed by atoms with van der Waals surface area (Å²) in [6.07, 6.45) is 3.66. The van der Waals surface area contributed by atoms with Crippen LogP contribution in [0.4, 0.5) is 11.4 Å². The van der Waals surface area contributed by atoms with Crippen LogP contribution in [0.5, 0.6) is 0 Å². The molecule has 7 heteroatoms. The van der Waals surface area contributed by atoms with E-state index in [1.165, 1.54) is 11.1 Å². The summed E-state index contributed by atoms with van der Waals surface area (Å²) in [4.78, 5) is 11.4. The van der Waals surface area contributed by atoms with E-state index in [1.54, 1.807) is 0 Å². The maximum atomic E-state index is 9.75. The molecule has 0 saturated heterocycles. The molecule has 0 bridgehead atoms. The minimum absolute atomic E-state index is 0. The Morgan fingerprint density at radius 2 is 1.35 bits per heavy atom. The van der Waals surface area contributed by atoms with E-state index in [9.17, 15) is 5.26 Å². The zero-order valence-corrected chi connectivity index (χ0v) is 23.7. The van der Waals surface area contributed by atoms with Crippen LogP contribution in [-0.4, -0.2) is 22.9 Å². The van der Waals surface area contributed by atoms with Crippen LogP contribution in [0.1, 0.15) is 52.7 Å². The smallest absolute Gasteiger partial charge is 0.211 e. The first-order chi connectivity index (χ1) is 17.0. The maximum Gasteiger partial charge on any atom is 0.211 e. The fraction of sp³-hybridized carbons (Fsp3) is 0.333. The van der Waals surface area contributed by atoms with Crippen LogP contribution in [0.2, 0.25) is 0 Å². The van der Waals surface area contributed by atoms with E-state index in [-0.39, 0.29) is 31.3 Å². The van der Waals surface area contributed by atoms with Gasteiger partial charge in [0.15, 0.2) is 0 Å².